The fraction of sp³-hybridized carbons (Fsp3) is 0.182. The van der Waals surface area contributed by atoms with Crippen LogP contribution in [0.5, 0.6) is 5.75 Å². The van der Waals surface area contributed by atoms with Crippen LogP contribution < -0.4 is 10.1 Å². The van der Waals surface area contributed by atoms with Crippen molar-refractivity contribution >= 4 is 52.3 Å². The maximum atomic E-state index is 12.5. The quantitative estimate of drug-likeness (QED) is 0.478. The summed E-state index contributed by atoms with van der Waals surface area (Å²) in [5.41, 5.74) is 1.32. The molecule has 2 aromatic carbocycles. The van der Waals surface area contributed by atoms with Crippen molar-refractivity contribution in [2.75, 3.05) is 19.7 Å². The second-order valence-corrected chi connectivity index (χ2v) is 8.03. The highest BCUT2D eigenvalue weighted by Crippen LogP contribution is 2.32. The van der Waals surface area contributed by atoms with Crippen LogP contribution in [0.3, 0.4) is 0 Å². The molecule has 0 spiro atoms. The first-order chi connectivity index (χ1) is 14.8. The smallest absolute Gasteiger partial charge is 0.293 e. The van der Waals surface area contributed by atoms with Crippen molar-refractivity contribution in [1.82, 2.24) is 10.2 Å². The molecule has 160 valence electrons. The standard InChI is InChI=1S/C22H19ClN2O5S/c1-14(26)16-4-8-18(9-5-16)30-13-20(27)24-10-11-25-21(28)19(31-22(25)29)12-15-2-6-17(23)7-3-15/h2-9,12H,10-11,13H2,1H3,(H,24,27)/b19-12+. The van der Waals surface area contributed by atoms with Crippen LogP contribution in [0.1, 0.15) is 22.8 Å². The highest BCUT2D eigenvalue weighted by atomic mass is 35.5. The number of ether oxygens (including phenoxy) is 1. The SMILES string of the molecule is CC(=O)c1ccc(OCC(=O)NCCN2C(=O)S/C(=C/c3ccc(Cl)cc3)C2=O)cc1. The first-order valence-electron chi connectivity index (χ1n) is 9.35. The molecular formula is C22H19ClN2O5S. The first-order valence-corrected chi connectivity index (χ1v) is 10.5. The summed E-state index contributed by atoms with van der Waals surface area (Å²) in [7, 11) is 0. The lowest BCUT2D eigenvalue weighted by Crippen LogP contribution is -2.38. The van der Waals surface area contributed by atoms with Crippen molar-refractivity contribution in [2.45, 2.75) is 6.92 Å². The average Bonchev–Trinajstić information content (AvgIpc) is 3.01. The molecule has 1 saturated heterocycles. The Labute approximate surface area is 188 Å². The number of nitrogens with one attached hydrogen (secondary N) is 1. The third kappa shape index (κ3) is 6.19. The van der Waals surface area contributed by atoms with E-state index in [1.165, 1.54) is 6.92 Å². The van der Waals surface area contributed by atoms with Crippen molar-refractivity contribution in [2.24, 2.45) is 0 Å². The zero-order valence-electron chi connectivity index (χ0n) is 16.6. The minimum atomic E-state index is -0.402. The summed E-state index contributed by atoms with van der Waals surface area (Å²) >= 11 is 6.70. The first kappa shape index (κ1) is 22.6. The van der Waals surface area contributed by atoms with Gasteiger partial charge in [0.05, 0.1) is 4.91 Å². The minimum absolute atomic E-state index is 0.0559. The zero-order chi connectivity index (χ0) is 22.4. The highest BCUT2D eigenvalue weighted by Gasteiger charge is 2.34. The van der Waals surface area contributed by atoms with E-state index < -0.39 is 5.91 Å². The predicted molar refractivity (Wildman–Crippen MR) is 119 cm³/mol. The van der Waals surface area contributed by atoms with E-state index in [-0.39, 0.29) is 36.6 Å². The van der Waals surface area contributed by atoms with Crippen molar-refractivity contribution in [3.8, 4) is 5.75 Å². The van der Waals surface area contributed by atoms with Gasteiger partial charge in [-0.1, -0.05) is 23.7 Å². The Bertz CT molecular complexity index is 1030. The lowest BCUT2D eigenvalue weighted by molar-refractivity contribution is -0.125. The van der Waals surface area contributed by atoms with Gasteiger partial charge in [-0.3, -0.25) is 24.1 Å². The maximum Gasteiger partial charge on any atom is 0.293 e. The van der Waals surface area contributed by atoms with Gasteiger partial charge in [0, 0.05) is 23.7 Å². The van der Waals surface area contributed by atoms with Gasteiger partial charge < -0.3 is 10.1 Å². The number of hydrogen-bond acceptors (Lipinski definition) is 6. The number of rotatable bonds is 8. The van der Waals surface area contributed by atoms with E-state index in [2.05, 4.69) is 5.32 Å². The molecule has 0 saturated carbocycles. The van der Waals surface area contributed by atoms with Crippen LogP contribution in [-0.2, 0) is 9.59 Å². The van der Waals surface area contributed by atoms with Crippen LogP contribution >= 0.6 is 23.4 Å². The van der Waals surface area contributed by atoms with E-state index in [1.807, 2.05) is 0 Å². The van der Waals surface area contributed by atoms with E-state index in [1.54, 1.807) is 54.6 Å². The molecule has 1 heterocycles. The van der Waals surface area contributed by atoms with Crippen LogP contribution in [0.15, 0.2) is 53.4 Å². The minimum Gasteiger partial charge on any atom is -0.484 e. The van der Waals surface area contributed by atoms with Crippen molar-refractivity contribution in [3.63, 3.8) is 0 Å². The summed E-state index contributed by atoms with van der Waals surface area (Å²) in [5, 5.41) is 2.81. The monoisotopic (exact) mass is 458 g/mol. The molecule has 0 bridgehead atoms. The number of benzene rings is 2. The van der Waals surface area contributed by atoms with Gasteiger partial charge in [-0.05, 0) is 66.7 Å². The molecule has 1 N–H and O–H groups in total. The summed E-state index contributed by atoms with van der Waals surface area (Å²) < 4.78 is 5.37. The Morgan fingerprint density at radius 1 is 1.10 bits per heavy atom. The highest BCUT2D eigenvalue weighted by molar-refractivity contribution is 8.18. The molecule has 7 nitrogen and oxygen atoms in total. The van der Waals surface area contributed by atoms with E-state index in [0.717, 1.165) is 22.2 Å². The Morgan fingerprint density at radius 3 is 2.42 bits per heavy atom. The second-order valence-electron chi connectivity index (χ2n) is 6.60. The number of carbonyl (C=O) groups excluding carboxylic acids is 4. The Balaban J connectivity index is 1.45. The van der Waals surface area contributed by atoms with Gasteiger partial charge in [-0.15, -0.1) is 0 Å². The summed E-state index contributed by atoms with van der Waals surface area (Å²) in [5.74, 6) is -0.390. The van der Waals surface area contributed by atoms with Crippen LogP contribution in [0.4, 0.5) is 4.79 Å². The van der Waals surface area contributed by atoms with Gasteiger partial charge in [-0.2, -0.15) is 0 Å². The van der Waals surface area contributed by atoms with Crippen LogP contribution in [-0.4, -0.2) is 47.4 Å². The third-order valence-electron chi connectivity index (χ3n) is 4.33. The summed E-state index contributed by atoms with van der Waals surface area (Å²) in [6.45, 7) is 1.41. The fourth-order valence-electron chi connectivity index (χ4n) is 2.70. The topological polar surface area (TPSA) is 92.8 Å². The van der Waals surface area contributed by atoms with Crippen molar-refractivity contribution < 1.29 is 23.9 Å². The molecule has 31 heavy (non-hydrogen) atoms. The van der Waals surface area contributed by atoms with Crippen molar-refractivity contribution in [3.05, 3.63) is 69.6 Å². The molecule has 0 unspecified atom stereocenters. The van der Waals surface area contributed by atoms with Crippen molar-refractivity contribution in [1.29, 1.82) is 0 Å². The molecule has 1 fully saturated rings. The molecule has 0 aromatic heterocycles. The van der Waals surface area contributed by atoms with Crippen LogP contribution in [0, 0.1) is 0 Å². The Morgan fingerprint density at radius 2 is 1.77 bits per heavy atom. The van der Waals surface area contributed by atoms with Crippen LogP contribution in [0.2, 0.25) is 5.02 Å². The molecule has 3 amide bonds. The van der Waals surface area contributed by atoms with Crippen LogP contribution in [0.25, 0.3) is 6.08 Å². The average molecular weight is 459 g/mol. The summed E-state index contributed by atoms with van der Waals surface area (Å²) in [6.07, 6.45) is 1.63. The Hall–Kier alpha value is -3.10. The molecular weight excluding hydrogens is 440 g/mol. The Kier molecular flexibility index (Phi) is 7.49. The van der Waals surface area contributed by atoms with Gasteiger partial charge in [0.15, 0.2) is 12.4 Å². The second kappa shape index (κ2) is 10.3. The van der Waals surface area contributed by atoms with E-state index >= 15 is 0 Å². The zero-order valence-corrected chi connectivity index (χ0v) is 18.2. The number of Topliss-reactive ketones (excluding diaryl/α,β-unsaturated/α-hetero) is 1. The molecule has 0 aliphatic carbocycles. The largest absolute Gasteiger partial charge is 0.484 e. The number of ketones is 1. The maximum absolute atomic E-state index is 12.5. The fourth-order valence-corrected chi connectivity index (χ4v) is 3.69. The predicted octanol–water partition coefficient (Wildman–Crippen LogP) is 3.77. The number of thioether (sulfide) groups is 1. The van der Waals surface area contributed by atoms with Gasteiger partial charge in [0.25, 0.3) is 17.1 Å². The number of halogens is 1. The lowest BCUT2D eigenvalue weighted by Gasteiger charge is -2.13. The molecule has 0 atom stereocenters. The number of nitrogens with zero attached hydrogens (tertiary/aromatic N) is 1. The lowest BCUT2D eigenvalue weighted by atomic mass is 10.1. The summed E-state index contributed by atoms with van der Waals surface area (Å²) in [6, 6.07) is 13.4. The molecule has 9 heteroatoms. The molecule has 1 aliphatic heterocycles. The van der Waals surface area contributed by atoms with E-state index in [0.29, 0.717) is 21.2 Å². The number of hydrogen-bond donors (Lipinski definition) is 1. The van der Waals surface area contributed by atoms with Gasteiger partial charge in [0.1, 0.15) is 5.75 Å². The van der Waals surface area contributed by atoms with Gasteiger partial charge >= 0.3 is 0 Å². The van der Waals surface area contributed by atoms with E-state index in [4.69, 9.17) is 16.3 Å². The third-order valence-corrected chi connectivity index (χ3v) is 5.49. The molecule has 3 rings (SSSR count). The number of amides is 3. The number of imide groups is 1. The van der Waals surface area contributed by atoms with E-state index in [9.17, 15) is 19.2 Å². The number of carbonyl (C=O) groups is 4. The molecule has 1 aliphatic rings. The molecule has 2 aromatic rings. The van der Waals surface area contributed by atoms with Gasteiger partial charge in [0.2, 0.25) is 0 Å². The molecule has 0 radical (unpaired) electrons. The summed E-state index contributed by atoms with van der Waals surface area (Å²) in [4.78, 5) is 49.2. The van der Waals surface area contributed by atoms with Gasteiger partial charge in [-0.25, -0.2) is 0 Å². The normalized spacial score (nSPS) is 14.8.